The Balaban J connectivity index is 3.95. The lowest BCUT2D eigenvalue weighted by molar-refractivity contribution is 0.0232. The Labute approximate surface area is 102 Å². The quantitative estimate of drug-likeness (QED) is 0.702. The lowest BCUT2D eigenvalue weighted by atomic mass is 9.86. The summed E-state index contributed by atoms with van der Waals surface area (Å²) in [5, 5.41) is 13.7. The average molecular weight is 229 g/mol. The predicted molar refractivity (Wildman–Crippen MR) is 71.7 cm³/mol. The molecule has 0 aliphatic rings. The van der Waals surface area contributed by atoms with Gasteiger partial charge in [0.25, 0.3) is 0 Å². The molecular formula is C14H31NO. The van der Waals surface area contributed by atoms with Gasteiger partial charge in [0.15, 0.2) is 0 Å². The van der Waals surface area contributed by atoms with E-state index in [0.29, 0.717) is 5.92 Å². The van der Waals surface area contributed by atoms with E-state index in [-0.39, 0.29) is 5.54 Å². The van der Waals surface area contributed by atoms with Crippen LogP contribution in [0, 0.1) is 5.92 Å². The minimum atomic E-state index is -0.519. The van der Waals surface area contributed by atoms with E-state index in [9.17, 15) is 5.11 Å². The highest BCUT2D eigenvalue weighted by atomic mass is 16.3. The topological polar surface area (TPSA) is 32.3 Å². The lowest BCUT2D eigenvalue weighted by Gasteiger charge is -2.29. The second-order valence-electron chi connectivity index (χ2n) is 6.31. The van der Waals surface area contributed by atoms with Crippen molar-refractivity contribution < 1.29 is 5.11 Å². The van der Waals surface area contributed by atoms with Crippen LogP contribution in [0.3, 0.4) is 0 Å². The summed E-state index contributed by atoms with van der Waals surface area (Å²) in [6, 6.07) is 0. The number of aliphatic hydroxyl groups is 1. The molecule has 2 heteroatoms. The fourth-order valence-electron chi connectivity index (χ4n) is 2.01. The van der Waals surface area contributed by atoms with Crippen molar-refractivity contribution in [2.24, 2.45) is 5.92 Å². The Kier molecular flexibility index (Phi) is 6.57. The van der Waals surface area contributed by atoms with Gasteiger partial charge >= 0.3 is 0 Å². The van der Waals surface area contributed by atoms with Gasteiger partial charge in [-0.15, -0.1) is 0 Å². The van der Waals surface area contributed by atoms with E-state index in [4.69, 9.17) is 0 Å². The molecule has 2 nitrogen and oxygen atoms in total. The molecule has 0 bridgehead atoms. The Morgan fingerprint density at radius 1 is 1.06 bits per heavy atom. The number of nitrogens with one attached hydrogen (secondary N) is 1. The molecular weight excluding hydrogens is 198 g/mol. The third-order valence-electron chi connectivity index (χ3n) is 3.20. The van der Waals surface area contributed by atoms with E-state index in [1.807, 2.05) is 6.92 Å². The third kappa shape index (κ3) is 8.12. The molecule has 2 N–H and O–H groups in total. The molecule has 0 saturated heterocycles. The minimum Gasteiger partial charge on any atom is -0.390 e. The van der Waals surface area contributed by atoms with Crippen LogP contribution < -0.4 is 5.32 Å². The van der Waals surface area contributed by atoms with Crippen LogP contribution >= 0.6 is 0 Å². The van der Waals surface area contributed by atoms with E-state index >= 15 is 0 Å². The van der Waals surface area contributed by atoms with Gasteiger partial charge in [0.1, 0.15) is 0 Å². The first-order chi connectivity index (χ1) is 7.20. The molecule has 0 rings (SSSR count). The van der Waals surface area contributed by atoms with Crippen LogP contribution in [-0.4, -0.2) is 22.8 Å². The molecule has 1 unspecified atom stereocenters. The summed E-state index contributed by atoms with van der Waals surface area (Å²) in [4.78, 5) is 0. The zero-order chi connectivity index (χ0) is 12.8. The van der Waals surface area contributed by atoms with Gasteiger partial charge in [-0.05, 0) is 53.0 Å². The van der Waals surface area contributed by atoms with E-state index < -0.39 is 5.60 Å². The highest BCUT2D eigenvalue weighted by Crippen LogP contribution is 2.24. The SMILES string of the molecule is CCC(CC)CC(C)(O)CCNC(C)(C)C. The van der Waals surface area contributed by atoms with Gasteiger partial charge in [-0.3, -0.25) is 0 Å². The maximum atomic E-state index is 10.3. The van der Waals surface area contributed by atoms with Gasteiger partial charge in [0.05, 0.1) is 5.60 Å². The molecule has 98 valence electrons. The number of rotatable bonds is 7. The molecule has 1 atom stereocenters. The largest absolute Gasteiger partial charge is 0.390 e. The van der Waals surface area contributed by atoms with Crippen molar-refractivity contribution in [2.45, 2.75) is 78.4 Å². The second-order valence-corrected chi connectivity index (χ2v) is 6.31. The molecule has 0 saturated carbocycles. The summed E-state index contributed by atoms with van der Waals surface area (Å²) in [5.74, 6) is 0.657. The fraction of sp³-hybridized carbons (Fsp3) is 1.00. The minimum absolute atomic E-state index is 0.144. The first-order valence-corrected chi connectivity index (χ1v) is 6.67. The van der Waals surface area contributed by atoms with Gasteiger partial charge in [-0.25, -0.2) is 0 Å². The Morgan fingerprint density at radius 2 is 1.56 bits per heavy atom. The summed E-state index contributed by atoms with van der Waals surface area (Å²) >= 11 is 0. The molecule has 0 fully saturated rings. The van der Waals surface area contributed by atoms with Gasteiger partial charge in [-0.2, -0.15) is 0 Å². The molecule has 0 aromatic rings. The zero-order valence-electron chi connectivity index (χ0n) is 12.1. The second kappa shape index (κ2) is 6.61. The third-order valence-corrected chi connectivity index (χ3v) is 3.20. The molecule has 16 heavy (non-hydrogen) atoms. The van der Waals surface area contributed by atoms with Gasteiger partial charge in [0.2, 0.25) is 0 Å². The Morgan fingerprint density at radius 3 is 1.94 bits per heavy atom. The summed E-state index contributed by atoms with van der Waals surface area (Å²) < 4.78 is 0. The fourth-order valence-corrected chi connectivity index (χ4v) is 2.01. The highest BCUT2D eigenvalue weighted by Gasteiger charge is 2.24. The highest BCUT2D eigenvalue weighted by molar-refractivity contribution is 4.79. The first-order valence-electron chi connectivity index (χ1n) is 6.67. The van der Waals surface area contributed by atoms with E-state index in [1.165, 1.54) is 12.8 Å². The standard InChI is InChI=1S/C14H31NO/c1-7-12(8-2)11-14(6,16)9-10-15-13(3,4)5/h12,15-16H,7-11H2,1-6H3. The maximum Gasteiger partial charge on any atom is 0.0634 e. The lowest BCUT2D eigenvalue weighted by Crippen LogP contribution is -2.40. The van der Waals surface area contributed by atoms with Gasteiger partial charge in [-0.1, -0.05) is 26.7 Å². The molecule has 0 aromatic heterocycles. The predicted octanol–water partition coefficient (Wildman–Crippen LogP) is 3.34. The maximum absolute atomic E-state index is 10.3. The van der Waals surface area contributed by atoms with Crippen molar-refractivity contribution in [3.8, 4) is 0 Å². The van der Waals surface area contributed by atoms with Crippen LogP contribution in [0.25, 0.3) is 0 Å². The van der Waals surface area contributed by atoms with Crippen molar-refractivity contribution >= 4 is 0 Å². The molecule has 0 radical (unpaired) electrons. The van der Waals surface area contributed by atoms with E-state index in [1.54, 1.807) is 0 Å². The Hall–Kier alpha value is -0.0800. The average Bonchev–Trinajstić information content (AvgIpc) is 2.11. The van der Waals surface area contributed by atoms with E-state index in [2.05, 4.69) is 39.9 Å². The van der Waals surface area contributed by atoms with Gasteiger partial charge < -0.3 is 10.4 Å². The normalized spacial score (nSPS) is 16.5. The first kappa shape index (κ1) is 15.9. The molecule has 0 aliphatic carbocycles. The molecule has 0 spiro atoms. The summed E-state index contributed by atoms with van der Waals surface area (Å²) in [5.41, 5.74) is -0.375. The van der Waals surface area contributed by atoms with Crippen LogP contribution in [0.2, 0.25) is 0 Å². The smallest absolute Gasteiger partial charge is 0.0634 e. The number of hydrogen-bond donors (Lipinski definition) is 2. The molecule has 0 aliphatic heterocycles. The van der Waals surface area contributed by atoms with Crippen molar-refractivity contribution in [2.75, 3.05) is 6.54 Å². The van der Waals surface area contributed by atoms with Crippen LogP contribution in [-0.2, 0) is 0 Å². The number of hydrogen-bond acceptors (Lipinski definition) is 2. The van der Waals surface area contributed by atoms with Crippen molar-refractivity contribution in [1.82, 2.24) is 5.32 Å². The Bertz CT molecular complexity index is 178. The van der Waals surface area contributed by atoms with Gasteiger partial charge in [0, 0.05) is 5.54 Å². The van der Waals surface area contributed by atoms with Crippen LogP contribution in [0.4, 0.5) is 0 Å². The van der Waals surface area contributed by atoms with Crippen molar-refractivity contribution in [3.05, 3.63) is 0 Å². The van der Waals surface area contributed by atoms with Crippen LogP contribution in [0.5, 0.6) is 0 Å². The molecule has 0 aromatic carbocycles. The summed E-state index contributed by atoms with van der Waals surface area (Å²) in [6.07, 6.45) is 4.09. The van der Waals surface area contributed by atoms with Crippen LogP contribution in [0.15, 0.2) is 0 Å². The van der Waals surface area contributed by atoms with Crippen molar-refractivity contribution in [3.63, 3.8) is 0 Å². The van der Waals surface area contributed by atoms with E-state index in [0.717, 1.165) is 19.4 Å². The van der Waals surface area contributed by atoms with Crippen LogP contribution in [0.1, 0.15) is 67.2 Å². The zero-order valence-corrected chi connectivity index (χ0v) is 12.1. The van der Waals surface area contributed by atoms with Crippen molar-refractivity contribution in [1.29, 1.82) is 0 Å². The summed E-state index contributed by atoms with van der Waals surface area (Å²) in [6.45, 7) is 13.7. The molecule has 0 heterocycles. The summed E-state index contributed by atoms with van der Waals surface area (Å²) in [7, 11) is 0. The molecule has 0 amide bonds. The monoisotopic (exact) mass is 229 g/mol.